The highest BCUT2D eigenvalue weighted by molar-refractivity contribution is 4.84. The molecule has 100 valence electrons. The third kappa shape index (κ3) is 3.94. The second kappa shape index (κ2) is 6.17. The van der Waals surface area contributed by atoms with Crippen molar-refractivity contribution in [2.45, 2.75) is 70.7 Å². The molecule has 2 atom stereocenters. The number of nitrogens with zero attached hydrogens (tertiary/aromatic N) is 1. The van der Waals surface area contributed by atoms with Gasteiger partial charge >= 0.3 is 0 Å². The highest BCUT2D eigenvalue weighted by atomic mass is 16.5. The largest absolute Gasteiger partial charge is 0.375 e. The summed E-state index contributed by atoms with van der Waals surface area (Å²) in [6, 6.07) is 1.41. The van der Waals surface area contributed by atoms with Crippen LogP contribution in [0.3, 0.4) is 0 Å². The molecule has 0 aromatic rings. The Bertz CT molecular complexity index is 216. The van der Waals surface area contributed by atoms with Gasteiger partial charge in [-0.05, 0) is 59.2 Å². The lowest BCUT2D eigenvalue weighted by molar-refractivity contribution is -0.0445. The molecule has 0 aliphatic carbocycles. The number of nitrogens with one attached hydrogen (secondary N) is 1. The van der Waals surface area contributed by atoms with Crippen LogP contribution in [0.25, 0.3) is 0 Å². The average molecular weight is 240 g/mol. The van der Waals surface area contributed by atoms with E-state index in [2.05, 4.69) is 31.0 Å². The van der Waals surface area contributed by atoms with Crippen LogP contribution in [0.15, 0.2) is 0 Å². The Hall–Kier alpha value is -0.120. The molecule has 0 aromatic heterocycles. The van der Waals surface area contributed by atoms with E-state index in [0.29, 0.717) is 18.2 Å². The summed E-state index contributed by atoms with van der Waals surface area (Å²) in [7, 11) is 0. The van der Waals surface area contributed by atoms with Crippen molar-refractivity contribution in [3.63, 3.8) is 0 Å². The summed E-state index contributed by atoms with van der Waals surface area (Å²) >= 11 is 0. The SMILES string of the molecule is CCN1CCC(NC2CC(C)OC(C)C2)CC1. The molecule has 0 aromatic carbocycles. The molecule has 2 aliphatic rings. The van der Waals surface area contributed by atoms with Crippen molar-refractivity contribution in [1.82, 2.24) is 10.2 Å². The number of likely N-dealkylation sites (tertiary alicyclic amines) is 1. The lowest BCUT2D eigenvalue weighted by Crippen LogP contribution is -2.49. The zero-order chi connectivity index (χ0) is 12.3. The molecular formula is C14H28N2O. The Morgan fingerprint density at radius 2 is 1.65 bits per heavy atom. The van der Waals surface area contributed by atoms with Crippen molar-refractivity contribution in [2.75, 3.05) is 19.6 Å². The number of rotatable bonds is 3. The van der Waals surface area contributed by atoms with E-state index in [1.165, 1.54) is 45.3 Å². The first-order valence-electron chi connectivity index (χ1n) is 7.31. The van der Waals surface area contributed by atoms with Crippen molar-refractivity contribution in [3.8, 4) is 0 Å². The summed E-state index contributed by atoms with van der Waals surface area (Å²) in [4.78, 5) is 2.55. The minimum absolute atomic E-state index is 0.423. The molecule has 1 N–H and O–H groups in total. The molecule has 2 saturated heterocycles. The summed E-state index contributed by atoms with van der Waals surface area (Å²) in [5.74, 6) is 0. The summed E-state index contributed by atoms with van der Waals surface area (Å²) in [6.07, 6.45) is 5.83. The van der Waals surface area contributed by atoms with Crippen LogP contribution in [0.2, 0.25) is 0 Å². The van der Waals surface area contributed by atoms with Gasteiger partial charge in [-0.15, -0.1) is 0 Å². The average Bonchev–Trinajstić information content (AvgIpc) is 2.28. The van der Waals surface area contributed by atoms with Gasteiger partial charge in [0.15, 0.2) is 0 Å². The van der Waals surface area contributed by atoms with Crippen LogP contribution < -0.4 is 5.32 Å². The van der Waals surface area contributed by atoms with Crippen molar-refractivity contribution >= 4 is 0 Å². The highest BCUT2D eigenvalue weighted by Crippen LogP contribution is 2.21. The maximum absolute atomic E-state index is 5.79. The van der Waals surface area contributed by atoms with E-state index < -0.39 is 0 Å². The smallest absolute Gasteiger partial charge is 0.0565 e. The van der Waals surface area contributed by atoms with E-state index in [1.807, 2.05) is 0 Å². The van der Waals surface area contributed by atoms with Gasteiger partial charge in [-0.2, -0.15) is 0 Å². The predicted molar refractivity (Wildman–Crippen MR) is 71.3 cm³/mol. The van der Waals surface area contributed by atoms with Gasteiger partial charge in [-0.1, -0.05) is 6.92 Å². The third-order valence-corrected chi connectivity index (χ3v) is 4.20. The van der Waals surface area contributed by atoms with Crippen molar-refractivity contribution in [1.29, 1.82) is 0 Å². The topological polar surface area (TPSA) is 24.5 Å². The first-order chi connectivity index (χ1) is 8.17. The molecule has 3 heteroatoms. The van der Waals surface area contributed by atoms with Gasteiger partial charge < -0.3 is 15.0 Å². The molecule has 2 unspecified atom stereocenters. The predicted octanol–water partition coefficient (Wildman–Crippen LogP) is 2.02. The van der Waals surface area contributed by atoms with Gasteiger partial charge in [0.05, 0.1) is 12.2 Å². The van der Waals surface area contributed by atoms with Gasteiger partial charge in [0, 0.05) is 12.1 Å². The molecule has 0 radical (unpaired) electrons. The second-order valence-corrected chi connectivity index (χ2v) is 5.80. The van der Waals surface area contributed by atoms with Crippen LogP contribution in [0.1, 0.15) is 46.5 Å². The summed E-state index contributed by atoms with van der Waals surface area (Å²) < 4.78 is 5.79. The molecule has 2 fully saturated rings. The molecule has 3 nitrogen and oxygen atoms in total. The van der Waals surface area contributed by atoms with Crippen molar-refractivity contribution < 1.29 is 4.74 Å². The molecule has 2 rings (SSSR count). The van der Waals surface area contributed by atoms with E-state index in [4.69, 9.17) is 4.74 Å². The maximum Gasteiger partial charge on any atom is 0.0565 e. The fourth-order valence-corrected chi connectivity index (χ4v) is 3.29. The summed E-state index contributed by atoms with van der Waals surface area (Å²) in [5.41, 5.74) is 0. The lowest BCUT2D eigenvalue weighted by atomic mass is 9.96. The summed E-state index contributed by atoms with van der Waals surface area (Å²) in [6.45, 7) is 10.4. The minimum Gasteiger partial charge on any atom is -0.375 e. The highest BCUT2D eigenvalue weighted by Gasteiger charge is 2.27. The van der Waals surface area contributed by atoms with E-state index in [1.54, 1.807) is 0 Å². The van der Waals surface area contributed by atoms with Crippen molar-refractivity contribution in [2.24, 2.45) is 0 Å². The maximum atomic E-state index is 5.79. The molecule has 0 bridgehead atoms. The molecule has 2 heterocycles. The van der Waals surface area contributed by atoms with E-state index in [9.17, 15) is 0 Å². The molecule has 0 amide bonds. The van der Waals surface area contributed by atoms with Crippen LogP contribution in [0.5, 0.6) is 0 Å². The van der Waals surface area contributed by atoms with Crippen LogP contribution in [-0.2, 0) is 4.74 Å². The lowest BCUT2D eigenvalue weighted by Gasteiger charge is -2.38. The van der Waals surface area contributed by atoms with Gasteiger partial charge in [-0.3, -0.25) is 0 Å². The third-order valence-electron chi connectivity index (χ3n) is 4.20. The van der Waals surface area contributed by atoms with Gasteiger partial charge in [0.25, 0.3) is 0 Å². The molecule has 2 aliphatic heterocycles. The standard InChI is InChI=1S/C14H28N2O/c1-4-16-7-5-13(6-8-16)15-14-9-11(2)17-12(3)10-14/h11-15H,4-10H2,1-3H3. The number of ether oxygens (including phenoxy) is 1. The molecule has 17 heavy (non-hydrogen) atoms. The van der Waals surface area contributed by atoms with E-state index >= 15 is 0 Å². The van der Waals surface area contributed by atoms with Crippen LogP contribution >= 0.6 is 0 Å². The Morgan fingerprint density at radius 3 is 2.18 bits per heavy atom. The molecule has 0 saturated carbocycles. The van der Waals surface area contributed by atoms with Crippen LogP contribution in [0, 0.1) is 0 Å². The van der Waals surface area contributed by atoms with E-state index in [-0.39, 0.29) is 0 Å². The fraction of sp³-hybridized carbons (Fsp3) is 1.00. The zero-order valence-electron chi connectivity index (χ0n) is 11.6. The Morgan fingerprint density at radius 1 is 1.06 bits per heavy atom. The Labute approximate surface area is 106 Å². The minimum atomic E-state index is 0.423. The first-order valence-corrected chi connectivity index (χ1v) is 7.31. The number of hydrogen-bond acceptors (Lipinski definition) is 3. The monoisotopic (exact) mass is 240 g/mol. The van der Waals surface area contributed by atoms with Gasteiger partial charge in [0.2, 0.25) is 0 Å². The van der Waals surface area contributed by atoms with Crippen LogP contribution in [0.4, 0.5) is 0 Å². The number of piperidine rings is 1. The Kier molecular flexibility index (Phi) is 4.83. The van der Waals surface area contributed by atoms with Gasteiger partial charge in [-0.25, -0.2) is 0 Å². The van der Waals surface area contributed by atoms with E-state index in [0.717, 1.165) is 6.04 Å². The zero-order valence-corrected chi connectivity index (χ0v) is 11.6. The fourth-order valence-electron chi connectivity index (χ4n) is 3.29. The van der Waals surface area contributed by atoms with Gasteiger partial charge in [0.1, 0.15) is 0 Å². The quantitative estimate of drug-likeness (QED) is 0.817. The van der Waals surface area contributed by atoms with Crippen LogP contribution in [-0.4, -0.2) is 48.8 Å². The Balaban J connectivity index is 1.74. The molecule has 0 spiro atoms. The first kappa shape index (κ1) is 13.3. The second-order valence-electron chi connectivity index (χ2n) is 5.80. The molecular weight excluding hydrogens is 212 g/mol. The van der Waals surface area contributed by atoms with Crippen molar-refractivity contribution in [3.05, 3.63) is 0 Å². The normalized spacial score (nSPS) is 37.2. The summed E-state index contributed by atoms with van der Waals surface area (Å²) in [5, 5.41) is 3.86. The number of hydrogen-bond donors (Lipinski definition) is 1.